The number of benzene rings is 2. The summed E-state index contributed by atoms with van der Waals surface area (Å²) in [7, 11) is -2.30. The van der Waals surface area contributed by atoms with E-state index in [-0.39, 0.29) is 17.1 Å². The molecule has 2 aromatic carbocycles. The van der Waals surface area contributed by atoms with Crippen molar-refractivity contribution >= 4 is 33.2 Å². The predicted molar refractivity (Wildman–Crippen MR) is 97.8 cm³/mol. The average Bonchev–Trinajstić information content (AvgIpc) is 2.60. The van der Waals surface area contributed by atoms with Crippen LogP contribution in [0.15, 0.2) is 60.0 Å². The van der Waals surface area contributed by atoms with Crippen LogP contribution in [0.5, 0.6) is 5.75 Å². The second-order valence-electron chi connectivity index (χ2n) is 4.97. The van der Waals surface area contributed by atoms with Crippen molar-refractivity contribution in [3.05, 3.63) is 65.7 Å². The number of amides is 1. The number of halogens is 1. The van der Waals surface area contributed by atoms with Gasteiger partial charge in [0.05, 0.1) is 17.7 Å². The number of carbonyl (C=O) groups is 1. The monoisotopic (exact) mass is 380 g/mol. The first-order valence-corrected chi connectivity index (χ1v) is 9.09. The molecule has 0 unspecified atom stereocenters. The predicted octanol–water partition coefficient (Wildman–Crippen LogP) is 3.07. The quantitative estimate of drug-likeness (QED) is 0.723. The lowest BCUT2D eigenvalue weighted by molar-refractivity contribution is 0.102. The molecule has 0 aliphatic carbocycles. The van der Waals surface area contributed by atoms with Crippen LogP contribution >= 0.6 is 11.6 Å². The van der Waals surface area contributed by atoms with Crippen molar-refractivity contribution in [2.24, 2.45) is 0 Å². The zero-order valence-corrected chi connectivity index (χ0v) is 15.0. The third kappa shape index (κ3) is 4.82. The highest BCUT2D eigenvalue weighted by atomic mass is 35.5. The van der Waals surface area contributed by atoms with Crippen LogP contribution in [-0.2, 0) is 10.0 Å². The van der Waals surface area contributed by atoms with E-state index >= 15 is 0 Å². The second-order valence-corrected chi connectivity index (χ2v) is 7.17. The zero-order valence-electron chi connectivity index (χ0n) is 13.5. The van der Waals surface area contributed by atoms with Crippen LogP contribution in [-0.4, -0.2) is 28.0 Å². The fraction of sp³-hybridized carbons (Fsp3) is 0.118. The fourth-order valence-corrected chi connectivity index (χ4v) is 3.24. The molecule has 2 N–H and O–H groups in total. The maximum Gasteiger partial charge on any atom is 0.255 e. The summed E-state index contributed by atoms with van der Waals surface area (Å²) in [6, 6.07) is 10.6. The molecule has 8 heteroatoms. The Hall–Kier alpha value is -2.35. The highest BCUT2D eigenvalue weighted by molar-refractivity contribution is 7.89. The molecule has 1 amide bonds. The first-order chi connectivity index (χ1) is 11.9. The number of nitrogens with one attached hydrogen (secondary N) is 2. The van der Waals surface area contributed by atoms with E-state index in [0.29, 0.717) is 16.3 Å². The van der Waals surface area contributed by atoms with Crippen molar-refractivity contribution in [1.82, 2.24) is 4.72 Å². The van der Waals surface area contributed by atoms with Gasteiger partial charge in [-0.25, -0.2) is 13.1 Å². The van der Waals surface area contributed by atoms with Gasteiger partial charge in [-0.15, -0.1) is 6.58 Å². The Morgan fingerprint density at radius 1 is 1.28 bits per heavy atom. The van der Waals surface area contributed by atoms with Crippen molar-refractivity contribution in [2.45, 2.75) is 4.90 Å². The number of hydrogen-bond acceptors (Lipinski definition) is 4. The number of hydrogen-bond donors (Lipinski definition) is 2. The Morgan fingerprint density at radius 3 is 2.68 bits per heavy atom. The number of methoxy groups -OCH3 is 1. The van der Waals surface area contributed by atoms with Crippen LogP contribution in [0.2, 0.25) is 5.02 Å². The van der Waals surface area contributed by atoms with Crippen molar-refractivity contribution in [3.8, 4) is 5.75 Å². The van der Waals surface area contributed by atoms with Crippen molar-refractivity contribution in [2.75, 3.05) is 19.0 Å². The summed E-state index contributed by atoms with van der Waals surface area (Å²) in [4.78, 5) is 12.4. The van der Waals surface area contributed by atoms with Crippen LogP contribution < -0.4 is 14.8 Å². The van der Waals surface area contributed by atoms with Crippen LogP contribution in [0, 0.1) is 0 Å². The van der Waals surface area contributed by atoms with Crippen molar-refractivity contribution < 1.29 is 17.9 Å². The van der Waals surface area contributed by atoms with Gasteiger partial charge in [0.1, 0.15) is 5.75 Å². The SMILES string of the molecule is C=CCNS(=O)(=O)c1ccc(OC)c(NC(=O)c2cccc(Cl)c2)c1. The largest absolute Gasteiger partial charge is 0.495 e. The second kappa shape index (κ2) is 8.15. The molecular weight excluding hydrogens is 364 g/mol. The molecule has 0 aliphatic rings. The topological polar surface area (TPSA) is 84.5 Å². The minimum atomic E-state index is -3.73. The van der Waals surface area contributed by atoms with Gasteiger partial charge in [0.15, 0.2) is 0 Å². The number of sulfonamides is 1. The zero-order chi connectivity index (χ0) is 18.4. The smallest absolute Gasteiger partial charge is 0.255 e. The first-order valence-electron chi connectivity index (χ1n) is 7.23. The average molecular weight is 381 g/mol. The molecule has 25 heavy (non-hydrogen) atoms. The Kier molecular flexibility index (Phi) is 6.19. The van der Waals surface area contributed by atoms with Crippen LogP contribution in [0.1, 0.15) is 10.4 Å². The molecule has 2 aromatic rings. The lowest BCUT2D eigenvalue weighted by Crippen LogP contribution is -2.24. The van der Waals surface area contributed by atoms with Gasteiger partial charge >= 0.3 is 0 Å². The standard InChI is InChI=1S/C17H17ClN2O4S/c1-3-9-19-25(22,23)14-7-8-16(24-2)15(11-14)20-17(21)12-5-4-6-13(18)10-12/h3-8,10-11,19H,1,9H2,2H3,(H,20,21). The Bertz CT molecular complexity index is 897. The molecule has 6 nitrogen and oxygen atoms in total. The summed E-state index contributed by atoms with van der Waals surface area (Å²) in [6.07, 6.45) is 1.43. The molecular formula is C17H17ClN2O4S. The van der Waals surface area contributed by atoms with E-state index in [4.69, 9.17) is 16.3 Å². The van der Waals surface area contributed by atoms with Crippen LogP contribution in [0.4, 0.5) is 5.69 Å². The van der Waals surface area contributed by atoms with E-state index in [9.17, 15) is 13.2 Å². The van der Waals surface area contributed by atoms with Crippen LogP contribution in [0.3, 0.4) is 0 Å². The molecule has 132 valence electrons. The Balaban J connectivity index is 2.34. The van der Waals surface area contributed by atoms with E-state index < -0.39 is 15.9 Å². The van der Waals surface area contributed by atoms with Gasteiger partial charge in [-0.2, -0.15) is 0 Å². The summed E-state index contributed by atoms with van der Waals surface area (Å²) in [5.74, 6) is -0.104. The van der Waals surface area contributed by atoms with E-state index in [0.717, 1.165) is 0 Å². The fourth-order valence-electron chi connectivity index (χ4n) is 2.03. The normalized spacial score (nSPS) is 11.0. The molecule has 0 atom stereocenters. The molecule has 0 fully saturated rings. The van der Waals surface area contributed by atoms with E-state index in [1.165, 1.54) is 37.5 Å². The van der Waals surface area contributed by atoms with E-state index in [2.05, 4.69) is 16.6 Å². The molecule has 0 bridgehead atoms. The van der Waals surface area contributed by atoms with Crippen molar-refractivity contribution in [3.63, 3.8) is 0 Å². The number of rotatable bonds is 7. The highest BCUT2D eigenvalue weighted by Gasteiger charge is 2.17. The minimum absolute atomic E-state index is 0.00320. The Morgan fingerprint density at radius 2 is 2.04 bits per heavy atom. The maximum atomic E-state index is 12.4. The van der Waals surface area contributed by atoms with Crippen molar-refractivity contribution in [1.29, 1.82) is 0 Å². The molecule has 2 rings (SSSR count). The molecule has 0 heterocycles. The van der Waals surface area contributed by atoms with E-state index in [1.54, 1.807) is 18.2 Å². The minimum Gasteiger partial charge on any atom is -0.495 e. The summed E-state index contributed by atoms with van der Waals surface area (Å²) in [5.41, 5.74) is 0.571. The highest BCUT2D eigenvalue weighted by Crippen LogP contribution is 2.28. The third-order valence-electron chi connectivity index (χ3n) is 3.23. The summed E-state index contributed by atoms with van der Waals surface area (Å²) in [5, 5.41) is 3.06. The number of carbonyl (C=O) groups excluding carboxylic acids is 1. The summed E-state index contributed by atoms with van der Waals surface area (Å²) < 4.78 is 32.0. The van der Waals surface area contributed by atoms with Gasteiger partial charge in [-0.05, 0) is 36.4 Å². The molecule has 0 spiro atoms. The number of anilines is 1. The van der Waals surface area contributed by atoms with Gasteiger partial charge < -0.3 is 10.1 Å². The van der Waals surface area contributed by atoms with E-state index in [1.807, 2.05) is 0 Å². The first kappa shape index (κ1) is 19.0. The van der Waals surface area contributed by atoms with Gasteiger partial charge in [0, 0.05) is 17.1 Å². The lowest BCUT2D eigenvalue weighted by atomic mass is 10.2. The molecule has 0 aliphatic heterocycles. The van der Waals surface area contributed by atoms with Crippen LogP contribution in [0.25, 0.3) is 0 Å². The third-order valence-corrected chi connectivity index (χ3v) is 4.89. The molecule has 0 saturated carbocycles. The van der Waals surface area contributed by atoms with Gasteiger partial charge in [-0.3, -0.25) is 4.79 Å². The van der Waals surface area contributed by atoms with Gasteiger partial charge in [0.25, 0.3) is 5.91 Å². The Labute approximate surface area is 151 Å². The summed E-state index contributed by atoms with van der Waals surface area (Å²) >= 11 is 5.88. The van der Waals surface area contributed by atoms with Gasteiger partial charge in [0.2, 0.25) is 10.0 Å². The lowest BCUT2D eigenvalue weighted by Gasteiger charge is -2.13. The maximum absolute atomic E-state index is 12.4. The summed E-state index contributed by atoms with van der Waals surface area (Å²) in [6.45, 7) is 3.56. The molecule has 0 radical (unpaired) electrons. The van der Waals surface area contributed by atoms with Gasteiger partial charge in [-0.1, -0.05) is 23.7 Å². The molecule has 0 aromatic heterocycles. The number of ether oxygens (including phenoxy) is 1. The molecule has 0 saturated heterocycles.